The Labute approximate surface area is 181 Å². The van der Waals surface area contributed by atoms with E-state index in [-0.39, 0.29) is 17.6 Å². The van der Waals surface area contributed by atoms with Crippen LogP contribution in [0, 0.1) is 0 Å². The van der Waals surface area contributed by atoms with Crippen LogP contribution in [0.25, 0.3) is 0 Å². The van der Waals surface area contributed by atoms with E-state index in [0.29, 0.717) is 23.6 Å². The molecule has 1 spiro atoms. The number of rotatable bonds is 5. The van der Waals surface area contributed by atoms with E-state index < -0.39 is 5.41 Å². The van der Waals surface area contributed by atoms with Gasteiger partial charge in [-0.15, -0.1) is 0 Å². The minimum Gasteiger partial charge on any atom is -0.307 e. The van der Waals surface area contributed by atoms with Crippen LogP contribution in [0.3, 0.4) is 0 Å². The van der Waals surface area contributed by atoms with Gasteiger partial charge in [0.2, 0.25) is 5.91 Å². The van der Waals surface area contributed by atoms with Gasteiger partial charge in [-0.05, 0) is 47.4 Å². The van der Waals surface area contributed by atoms with Crippen LogP contribution in [0.5, 0.6) is 0 Å². The molecule has 0 N–H and O–H groups in total. The summed E-state index contributed by atoms with van der Waals surface area (Å²) in [5, 5.41) is 0.703. The molecule has 0 radical (unpaired) electrons. The maximum Gasteiger partial charge on any atom is 0.238 e. The average Bonchev–Trinajstić information content (AvgIpc) is 3.49. The fourth-order valence-electron chi connectivity index (χ4n) is 4.83. The van der Waals surface area contributed by atoms with E-state index in [1.165, 1.54) is 0 Å². The molecule has 0 aromatic heterocycles. The number of halogens is 1. The Kier molecular flexibility index (Phi) is 4.52. The van der Waals surface area contributed by atoms with Crippen LogP contribution < -0.4 is 4.90 Å². The number of benzene rings is 3. The number of hydrogen-bond acceptors (Lipinski definition) is 2. The predicted octanol–water partition coefficient (Wildman–Crippen LogP) is 5.90. The molecule has 2 atom stereocenters. The molecule has 2 aliphatic rings. The molecule has 1 amide bonds. The van der Waals surface area contributed by atoms with Gasteiger partial charge >= 0.3 is 0 Å². The number of nitrogens with zero attached hydrogens (tertiary/aromatic N) is 1. The van der Waals surface area contributed by atoms with Crippen LogP contribution in [0.15, 0.2) is 72.8 Å². The van der Waals surface area contributed by atoms with Gasteiger partial charge in [0, 0.05) is 28.6 Å². The van der Waals surface area contributed by atoms with Gasteiger partial charge in [0.05, 0.1) is 12.0 Å². The zero-order chi connectivity index (χ0) is 20.9. The molecule has 1 aliphatic carbocycles. The second kappa shape index (κ2) is 7.10. The Hall–Kier alpha value is -2.91. The fourth-order valence-corrected chi connectivity index (χ4v) is 4.96. The summed E-state index contributed by atoms with van der Waals surface area (Å²) in [6.45, 7) is 2.33. The summed E-state index contributed by atoms with van der Waals surface area (Å²) in [5.74, 6) is 0.434. The number of fused-ring (bicyclic) bond motifs is 2. The summed E-state index contributed by atoms with van der Waals surface area (Å²) in [6, 6.07) is 23.6. The normalized spacial score (nSPS) is 21.7. The van der Waals surface area contributed by atoms with Crippen LogP contribution in [0.2, 0.25) is 5.02 Å². The summed E-state index contributed by atoms with van der Waals surface area (Å²) in [6.07, 6.45) is 1.29. The van der Waals surface area contributed by atoms with Crippen molar-refractivity contribution in [1.29, 1.82) is 0 Å². The van der Waals surface area contributed by atoms with Crippen molar-refractivity contribution >= 4 is 29.0 Å². The third-order valence-corrected chi connectivity index (χ3v) is 6.70. The summed E-state index contributed by atoms with van der Waals surface area (Å²) in [4.78, 5) is 27.7. The summed E-state index contributed by atoms with van der Waals surface area (Å²) >= 11 is 6.06. The molecular formula is C26H22ClNO2. The molecular weight excluding hydrogens is 394 g/mol. The van der Waals surface area contributed by atoms with Gasteiger partial charge in [-0.25, -0.2) is 0 Å². The Morgan fingerprint density at radius 1 is 1.07 bits per heavy atom. The van der Waals surface area contributed by atoms with Gasteiger partial charge in [0.1, 0.15) is 0 Å². The molecule has 1 heterocycles. The second-order valence-electron chi connectivity index (χ2n) is 8.17. The Balaban J connectivity index is 1.49. The van der Waals surface area contributed by atoms with E-state index >= 15 is 0 Å². The fraction of sp³-hybridized carbons (Fsp3) is 0.231. The van der Waals surface area contributed by atoms with Crippen LogP contribution in [-0.4, -0.2) is 11.7 Å². The average molecular weight is 416 g/mol. The van der Waals surface area contributed by atoms with Crippen molar-refractivity contribution in [3.05, 3.63) is 100 Å². The van der Waals surface area contributed by atoms with Crippen molar-refractivity contribution in [2.75, 3.05) is 4.90 Å². The number of carbonyl (C=O) groups excluding carboxylic acids is 2. The van der Waals surface area contributed by atoms with Crippen molar-refractivity contribution in [1.82, 2.24) is 0 Å². The first-order valence-corrected chi connectivity index (χ1v) is 10.7. The molecule has 150 valence electrons. The molecule has 1 aliphatic heterocycles. The van der Waals surface area contributed by atoms with Crippen LogP contribution in [0.4, 0.5) is 5.69 Å². The lowest BCUT2D eigenvalue weighted by molar-refractivity contribution is -0.120. The molecule has 0 saturated heterocycles. The SMILES string of the molecule is CCC(=O)c1cccc(CN2C(=O)[C@]3(C[C@@H]3c3ccc(Cl)cc3)c3ccccc32)c1. The van der Waals surface area contributed by atoms with E-state index in [1.807, 2.05) is 78.6 Å². The minimum atomic E-state index is -0.485. The van der Waals surface area contributed by atoms with E-state index in [4.69, 9.17) is 11.6 Å². The van der Waals surface area contributed by atoms with Crippen LogP contribution in [0.1, 0.15) is 52.7 Å². The Morgan fingerprint density at radius 3 is 2.60 bits per heavy atom. The molecule has 0 bridgehead atoms. The van der Waals surface area contributed by atoms with Crippen molar-refractivity contribution in [3.8, 4) is 0 Å². The topological polar surface area (TPSA) is 37.4 Å². The molecule has 1 saturated carbocycles. The van der Waals surface area contributed by atoms with Gasteiger partial charge in [-0.2, -0.15) is 0 Å². The van der Waals surface area contributed by atoms with Gasteiger partial charge in [-0.3, -0.25) is 9.59 Å². The number of anilines is 1. The second-order valence-corrected chi connectivity index (χ2v) is 8.60. The quantitative estimate of drug-likeness (QED) is 0.486. The zero-order valence-electron chi connectivity index (χ0n) is 16.8. The number of amides is 1. The maximum absolute atomic E-state index is 13.7. The third-order valence-electron chi connectivity index (χ3n) is 6.45. The van der Waals surface area contributed by atoms with Crippen molar-refractivity contribution < 1.29 is 9.59 Å². The Morgan fingerprint density at radius 2 is 1.83 bits per heavy atom. The summed E-state index contributed by atoms with van der Waals surface area (Å²) in [7, 11) is 0. The monoisotopic (exact) mass is 415 g/mol. The molecule has 3 nitrogen and oxygen atoms in total. The number of para-hydroxylation sites is 1. The summed E-state index contributed by atoms with van der Waals surface area (Å²) in [5.41, 5.74) is 4.43. The third kappa shape index (κ3) is 2.88. The highest BCUT2D eigenvalue weighted by molar-refractivity contribution is 6.30. The highest BCUT2D eigenvalue weighted by atomic mass is 35.5. The molecule has 1 fully saturated rings. The highest BCUT2D eigenvalue weighted by Crippen LogP contribution is 2.66. The molecule has 4 heteroatoms. The highest BCUT2D eigenvalue weighted by Gasteiger charge is 2.66. The van der Waals surface area contributed by atoms with E-state index in [0.717, 1.165) is 28.8 Å². The first-order valence-electron chi connectivity index (χ1n) is 10.3. The standard InChI is InChI=1S/C26H22ClNO2/c1-2-24(29)19-7-5-6-17(14-19)16-28-23-9-4-3-8-21(23)26(25(28)30)15-22(26)18-10-12-20(27)13-11-18/h3-14,22H,2,15-16H2,1H3/t22-,26-/m1/s1. The van der Waals surface area contributed by atoms with Crippen LogP contribution in [-0.2, 0) is 16.8 Å². The lowest BCUT2D eigenvalue weighted by Crippen LogP contribution is -2.32. The number of Topliss-reactive ketones (excluding diaryl/α,β-unsaturated/α-hetero) is 1. The lowest BCUT2D eigenvalue weighted by Gasteiger charge is -2.19. The van der Waals surface area contributed by atoms with Gasteiger partial charge in [0.25, 0.3) is 0 Å². The van der Waals surface area contributed by atoms with Gasteiger partial charge in [-0.1, -0.05) is 67.1 Å². The smallest absolute Gasteiger partial charge is 0.238 e. The van der Waals surface area contributed by atoms with Crippen molar-refractivity contribution in [2.45, 2.75) is 37.6 Å². The minimum absolute atomic E-state index is 0.117. The maximum atomic E-state index is 13.7. The molecule has 30 heavy (non-hydrogen) atoms. The van der Waals surface area contributed by atoms with Gasteiger partial charge in [0.15, 0.2) is 5.78 Å². The van der Waals surface area contributed by atoms with Gasteiger partial charge < -0.3 is 4.90 Å². The van der Waals surface area contributed by atoms with E-state index in [2.05, 4.69) is 6.07 Å². The van der Waals surface area contributed by atoms with Crippen LogP contribution >= 0.6 is 11.6 Å². The number of carbonyl (C=O) groups is 2. The molecule has 5 rings (SSSR count). The molecule has 3 aromatic carbocycles. The Bertz CT molecular complexity index is 1150. The first-order chi connectivity index (χ1) is 14.5. The van der Waals surface area contributed by atoms with Crippen molar-refractivity contribution in [2.24, 2.45) is 0 Å². The first kappa shape index (κ1) is 19.1. The predicted molar refractivity (Wildman–Crippen MR) is 119 cm³/mol. The molecule has 3 aromatic rings. The largest absolute Gasteiger partial charge is 0.307 e. The van der Waals surface area contributed by atoms with E-state index in [9.17, 15) is 9.59 Å². The van der Waals surface area contributed by atoms with E-state index in [1.54, 1.807) is 0 Å². The number of hydrogen-bond donors (Lipinski definition) is 0. The van der Waals surface area contributed by atoms with Crippen molar-refractivity contribution in [3.63, 3.8) is 0 Å². The number of ketones is 1. The summed E-state index contributed by atoms with van der Waals surface area (Å²) < 4.78 is 0. The molecule has 0 unspecified atom stereocenters. The lowest BCUT2D eigenvalue weighted by atomic mass is 9.92. The zero-order valence-corrected chi connectivity index (χ0v) is 17.5.